The standard InChI is InChI=1S/C6H7N.2ClH.Co/c7-6-4-2-1-3-5-6;;;/h1-5H,7H2;2*1H;/q;;;+2/p-2. The van der Waals surface area contributed by atoms with Crippen LogP contribution >= 0.6 is 20.3 Å². The van der Waals surface area contributed by atoms with E-state index in [4.69, 9.17) is 26.0 Å². The van der Waals surface area contributed by atoms with Gasteiger partial charge in [-0.05, 0) is 12.1 Å². The molecule has 0 radical (unpaired) electrons. The molecule has 1 aromatic carbocycles. The van der Waals surface area contributed by atoms with E-state index < -0.39 is 0 Å². The molecule has 0 aliphatic rings. The maximum absolute atomic E-state index is 5.36. The Bertz CT molecular complexity index is 157. The molecule has 0 saturated heterocycles. The van der Waals surface area contributed by atoms with Crippen LogP contribution < -0.4 is 5.73 Å². The van der Waals surface area contributed by atoms with Gasteiger partial charge in [-0.15, -0.1) is 0 Å². The number of halogens is 2. The fourth-order valence-corrected chi connectivity index (χ4v) is 0.453. The molecule has 0 aliphatic carbocycles. The topological polar surface area (TPSA) is 26.0 Å². The number of benzene rings is 1. The maximum atomic E-state index is 5.36. The minimum atomic E-state index is 0.382. The first-order valence-corrected chi connectivity index (χ1v) is 5.32. The van der Waals surface area contributed by atoms with Gasteiger partial charge in [0.1, 0.15) is 0 Å². The van der Waals surface area contributed by atoms with Gasteiger partial charge in [-0.1, -0.05) is 18.2 Å². The van der Waals surface area contributed by atoms with Gasteiger partial charge in [0, 0.05) is 5.69 Å². The summed E-state index contributed by atoms with van der Waals surface area (Å²) in [6.07, 6.45) is 0. The first-order valence-electron chi connectivity index (χ1n) is 2.45. The van der Waals surface area contributed by atoms with Gasteiger partial charge in [0.25, 0.3) is 0 Å². The molecule has 4 heteroatoms. The van der Waals surface area contributed by atoms with E-state index in [1.165, 1.54) is 0 Å². The van der Waals surface area contributed by atoms with E-state index in [1.54, 1.807) is 0 Å². The molecule has 59 valence electrons. The number of anilines is 1. The van der Waals surface area contributed by atoms with Crippen molar-refractivity contribution in [1.29, 1.82) is 0 Å². The molecule has 1 nitrogen and oxygen atoms in total. The first-order chi connectivity index (χ1) is 4.81. The van der Waals surface area contributed by atoms with Crippen molar-refractivity contribution >= 4 is 26.0 Å². The van der Waals surface area contributed by atoms with Crippen molar-refractivity contribution < 1.29 is 12.9 Å². The van der Waals surface area contributed by atoms with Crippen molar-refractivity contribution in [3.05, 3.63) is 30.3 Å². The van der Waals surface area contributed by atoms with Crippen LogP contribution in [0.25, 0.3) is 0 Å². The molecule has 0 atom stereocenters. The van der Waals surface area contributed by atoms with Crippen LogP contribution in [0.4, 0.5) is 5.69 Å². The summed E-state index contributed by atoms with van der Waals surface area (Å²) in [6, 6.07) is 9.49. The number of para-hydroxylation sites is 1. The summed E-state index contributed by atoms with van der Waals surface area (Å²) >= 11 is 0.382. The number of nitrogens with two attached hydrogens (primary N) is 1. The van der Waals surface area contributed by atoms with E-state index in [2.05, 4.69) is 0 Å². The van der Waals surface area contributed by atoms with Crippen LogP contribution in [0.3, 0.4) is 0 Å². The summed E-state index contributed by atoms with van der Waals surface area (Å²) in [7, 11) is 9.47. The normalized spacial score (nSPS) is 8.20. The van der Waals surface area contributed by atoms with Crippen LogP contribution in [0.1, 0.15) is 0 Å². The van der Waals surface area contributed by atoms with Crippen molar-refractivity contribution in [2.75, 3.05) is 5.73 Å². The molecular weight excluding hydrogens is 216 g/mol. The van der Waals surface area contributed by atoms with Crippen molar-refractivity contribution in [2.24, 2.45) is 0 Å². The zero-order valence-electron chi connectivity index (χ0n) is 5.05. The van der Waals surface area contributed by atoms with E-state index in [0.29, 0.717) is 12.9 Å². The summed E-state index contributed by atoms with van der Waals surface area (Å²) in [5.41, 5.74) is 6.18. The van der Waals surface area contributed by atoms with Crippen LogP contribution in [-0.2, 0) is 12.9 Å². The van der Waals surface area contributed by atoms with Gasteiger partial charge in [-0.2, -0.15) is 0 Å². The van der Waals surface area contributed by atoms with Crippen LogP contribution in [0.2, 0.25) is 0 Å². The Kier molecular flexibility index (Phi) is 7.29. The fraction of sp³-hybridized carbons (Fsp3) is 0. The molecule has 0 fully saturated rings. The first kappa shape index (κ1) is 10.1. The van der Waals surface area contributed by atoms with Crippen molar-refractivity contribution in [3.8, 4) is 0 Å². The molecule has 0 bridgehead atoms. The van der Waals surface area contributed by atoms with E-state index in [1.807, 2.05) is 30.3 Å². The molecule has 0 aliphatic heterocycles. The van der Waals surface area contributed by atoms with E-state index >= 15 is 0 Å². The predicted octanol–water partition coefficient (Wildman–Crippen LogP) is 2.65. The fourth-order valence-electron chi connectivity index (χ4n) is 0.453. The van der Waals surface area contributed by atoms with Crippen molar-refractivity contribution in [1.82, 2.24) is 0 Å². The Morgan fingerprint density at radius 3 is 1.70 bits per heavy atom. The van der Waals surface area contributed by atoms with E-state index in [0.717, 1.165) is 5.69 Å². The second kappa shape index (κ2) is 7.22. The van der Waals surface area contributed by atoms with Gasteiger partial charge in [0.2, 0.25) is 0 Å². The van der Waals surface area contributed by atoms with Gasteiger partial charge >= 0.3 is 33.2 Å². The molecule has 0 spiro atoms. The van der Waals surface area contributed by atoms with Crippen LogP contribution in [0.15, 0.2) is 30.3 Å². The number of hydrogen-bond acceptors (Lipinski definition) is 1. The summed E-state index contributed by atoms with van der Waals surface area (Å²) in [6.45, 7) is 0. The predicted molar refractivity (Wildman–Crippen MR) is 42.6 cm³/mol. The third-order valence-electron chi connectivity index (χ3n) is 0.800. The number of rotatable bonds is 0. The molecule has 0 heterocycles. The van der Waals surface area contributed by atoms with Crippen molar-refractivity contribution in [2.45, 2.75) is 0 Å². The molecule has 2 N–H and O–H groups in total. The second-order valence-electron chi connectivity index (χ2n) is 1.46. The summed E-state index contributed by atoms with van der Waals surface area (Å²) in [4.78, 5) is 0. The molecule has 0 saturated carbocycles. The van der Waals surface area contributed by atoms with Crippen molar-refractivity contribution in [3.63, 3.8) is 0 Å². The molecule has 0 amide bonds. The van der Waals surface area contributed by atoms with Gasteiger partial charge in [0.15, 0.2) is 0 Å². The second-order valence-corrected chi connectivity index (χ2v) is 3.18. The average molecular weight is 223 g/mol. The third kappa shape index (κ3) is 6.23. The van der Waals surface area contributed by atoms with Crippen LogP contribution in [-0.4, -0.2) is 0 Å². The Labute approximate surface area is 75.0 Å². The quantitative estimate of drug-likeness (QED) is 0.672. The summed E-state index contributed by atoms with van der Waals surface area (Å²) < 4.78 is 0. The molecule has 1 rings (SSSR count). The monoisotopic (exact) mass is 222 g/mol. The third-order valence-corrected chi connectivity index (χ3v) is 0.800. The zero-order chi connectivity index (χ0) is 7.82. The van der Waals surface area contributed by atoms with Gasteiger partial charge in [0.05, 0.1) is 0 Å². The van der Waals surface area contributed by atoms with Crippen LogP contribution in [0.5, 0.6) is 0 Å². The zero-order valence-corrected chi connectivity index (χ0v) is 7.61. The SMILES string of the molecule is Nc1ccccc1.[Cl][Co][Cl]. The number of nitrogen functional groups attached to an aromatic ring is 1. The minimum absolute atomic E-state index is 0.382. The Balaban J connectivity index is 0.000000236. The van der Waals surface area contributed by atoms with Gasteiger partial charge in [-0.25, -0.2) is 0 Å². The Morgan fingerprint density at radius 1 is 1.10 bits per heavy atom. The average Bonchev–Trinajstić information content (AvgIpc) is 1.91. The molecular formula is C6H7Cl2CoN. The Morgan fingerprint density at radius 2 is 1.50 bits per heavy atom. The molecule has 10 heavy (non-hydrogen) atoms. The van der Waals surface area contributed by atoms with Crippen LogP contribution in [0, 0.1) is 0 Å². The Hall–Kier alpha value is 0.106. The molecule has 0 unspecified atom stereocenters. The van der Waals surface area contributed by atoms with E-state index in [9.17, 15) is 0 Å². The van der Waals surface area contributed by atoms with Gasteiger partial charge in [-0.3, -0.25) is 0 Å². The van der Waals surface area contributed by atoms with E-state index in [-0.39, 0.29) is 0 Å². The summed E-state index contributed by atoms with van der Waals surface area (Å²) in [5.74, 6) is 0. The van der Waals surface area contributed by atoms with Gasteiger partial charge < -0.3 is 5.73 Å². The summed E-state index contributed by atoms with van der Waals surface area (Å²) in [5, 5.41) is 0. The molecule has 1 aromatic rings. The molecule has 0 aromatic heterocycles. The number of hydrogen-bond donors (Lipinski definition) is 1.